The molecule has 3 N–H and O–H groups in total. The largest absolute Gasteiger partial charge is 0.444 e. The van der Waals surface area contributed by atoms with Gasteiger partial charge in [0.05, 0.1) is 11.6 Å². The van der Waals surface area contributed by atoms with Crippen molar-refractivity contribution < 1.29 is 36.7 Å². The summed E-state index contributed by atoms with van der Waals surface area (Å²) in [5, 5.41) is 6.51. The van der Waals surface area contributed by atoms with Crippen LogP contribution in [0.3, 0.4) is 0 Å². The smallest absolute Gasteiger partial charge is 0.415 e. The van der Waals surface area contributed by atoms with Gasteiger partial charge < -0.3 is 24.4 Å². The van der Waals surface area contributed by atoms with Gasteiger partial charge >= 0.3 is 12.3 Å². The van der Waals surface area contributed by atoms with Crippen molar-refractivity contribution in [1.82, 2.24) is 15.2 Å². The van der Waals surface area contributed by atoms with Crippen LogP contribution in [-0.2, 0) is 27.1 Å². The number of carbonyl (C=O) groups excluding carboxylic acids is 3. The number of nitrogens with zero attached hydrogens (tertiary/aromatic N) is 1. The lowest BCUT2D eigenvalue weighted by Gasteiger charge is -2.42. The molecular formula is C29H41F3N4O6Si. The highest BCUT2D eigenvalue weighted by molar-refractivity contribution is 6.74. The van der Waals surface area contributed by atoms with E-state index in [-0.39, 0.29) is 12.2 Å². The molecule has 43 heavy (non-hydrogen) atoms. The maximum atomic E-state index is 14.3. The van der Waals surface area contributed by atoms with Crippen molar-refractivity contribution in [3.63, 3.8) is 0 Å². The van der Waals surface area contributed by atoms with E-state index in [0.29, 0.717) is 5.56 Å². The van der Waals surface area contributed by atoms with Crippen molar-refractivity contribution in [1.29, 1.82) is 0 Å². The average molecular weight is 627 g/mol. The van der Waals surface area contributed by atoms with Crippen LogP contribution in [0.25, 0.3) is 0 Å². The molecule has 0 saturated heterocycles. The Labute approximate surface area is 250 Å². The Balaban J connectivity index is 2.33. The third-order valence-corrected chi connectivity index (χ3v) is 11.8. The molecule has 1 aromatic heterocycles. The summed E-state index contributed by atoms with van der Waals surface area (Å²) < 4.78 is 54.7. The molecule has 0 aliphatic heterocycles. The van der Waals surface area contributed by atoms with Crippen LogP contribution in [0.1, 0.15) is 50.5 Å². The summed E-state index contributed by atoms with van der Waals surface area (Å²) in [6.45, 7) is 11.1. The fourth-order valence-corrected chi connectivity index (χ4v) is 5.09. The van der Waals surface area contributed by atoms with Crippen LogP contribution in [0.5, 0.6) is 0 Å². The van der Waals surface area contributed by atoms with Crippen molar-refractivity contribution in [2.45, 2.75) is 84.2 Å². The number of rotatable bonds is 11. The number of nitrogens with one attached hydrogen (secondary N) is 3. The molecule has 10 nitrogen and oxygen atoms in total. The standard InChI is InChI=1S/C29H41F3N4O6Si/c1-18(2)22(24(29(30,31)32)42-43(7,8)28(3,4)5)34-21(37)16-36-15-14-20(25(38)33-6)23(26(36)39)35-27(40)41-17-19-12-10-9-11-13-19/h9-15,18,22,24H,16-17H2,1-8H3,(H,33,38)(H,34,37)(H,35,40). The second-order valence-electron chi connectivity index (χ2n) is 12.0. The van der Waals surface area contributed by atoms with Crippen LogP contribution >= 0.6 is 0 Å². The zero-order valence-corrected chi connectivity index (χ0v) is 26.7. The number of hydrogen-bond acceptors (Lipinski definition) is 6. The highest BCUT2D eigenvalue weighted by Gasteiger charge is 2.52. The second-order valence-corrected chi connectivity index (χ2v) is 16.7. The molecule has 2 aromatic rings. The van der Waals surface area contributed by atoms with E-state index in [1.165, 1.54) is 27.0 Å². The van der Waals surface area contributed by atoms with Crippen LogP contribution in [0, 0.1) is 5.92 Å². The van der Waals surface area contributed by atoms with Gasteiger partial charge in [0, 0.05) is 13.2 Å². The van der Waals surface area contributed by atoms with Crippen molar-refractivity contribution >= 4 is 31.9 Å². The van der Waals surface area contributed by atoms with Gasteiger partial charge in [-0.1, -0.05) is 65.0 Å². The van der Waals surface area contributed by atoms with Crippen molar-refractivity contribution in [3.05, 3.63) is 64.1 Å². The highest BCUT2D eigenvalue weighted by Crippen LogP contribution is 2.41. The van der Waals surface area contributed by atoms with Crippen LogP contribution in [-0.4, -0.2) is 56.2 Å². The third-order valence-electron chi connectivity index (χ3n) is 7.31. The predicted octanol–water partition coefficient (Wildman–Crippen LogP) is 5.05. The lowest BCUT2D eigenvalue weighted by molar-refractivity contribution is -0.210. The van der Waals surface area contributed by atoms with E-state index in [1.54, 1.807) is 43.4 Å². The van der Waals surface area contributed by atoms with Crippen molar-refractivity contribution in [2.75, 3.05) is 12.4 Å². The van der Waals surface area contributed by atoms with Crippen LogP contribution in [0.15, 0.2) is 47.4 Å². The van der Waals surface area contributed by atoms with Gasteiger partial charge in [0.1, 0.15) is 18.8 Å². The molecule has 0 bridgehead atoms. The van der Waals surface area contributed by atoms with Gasteiger partial charge in [0.2, 0.25) is 5.91 Å². The molecule has 3 amide bonds. The van der Waals surface area contributed by atoms with E-state index in [1.807, 2.05) is 20.8 Å². The Bertz CT molecular complexity index is 1340. The number of amides is 3. The second kappa shape index (κ2) is 14.2. The lowest BCUT2D eigenvalue weighted by Crippen LogP contribution is -2.59. The first-order valence-corrected chi connectivity index (χ1v) is 16.7. The molecule has 2 rings (SSSR count). The molecule has 0 saturated carbocycles. The maximum absolute atomic E-state index is 14.3. The third kappa shape index (κ3) is 9.68. The van der Waals surface area contributed by atoms with Gasteiger partial charge in [-0.05, 0) is 35.7 Å². The van der Waals surface area contributed by atoms with Gasteiger partial charge in [-0.25, -0.2) is 4.79 Å². The summed E-state index contributed by atoms with van der Waals surface area (Å²) in [5.74, 6) is -2.26. The summed E-state index contributed by atoms with van der Waals surface area (Å²) in [5.41, 5.74) is -0.900. The summed E-state index contributed by atoms with van der Waals surface area (Å²) in [6, 6.07) is 8.50. The predicted molar refractivity (Wildman–Crippen MR) is 159 cm³/mol. The number of alkyl halides is 3. The Hall–Kier alpha value is -3.65. The van der Waals surface area contributed by atoms with Gasteiger partial charge in [-0.15, -0.1) is 0 Å². The number of carbonyl (C=O) groups is 3. The number of aromatic nitrogens is 1. The number of benzene rings is 1. The topological polar surface area (TPSA) is 128 Å². The van der Waals surface area contributed by atoms with E-state index < -0.39 is 73.3 Å². The minimum Gasteiger partial charge on any atom is -0.444 e. The molecule has 0 aliphatic rings. The number of ether oxygens (including phenoxy) is 1. The molecule has 0 radical (unpaired) electrons. The monoisotopic (exact) mass is 626 g/mol. The fraction of sp³-hybridized carbons (Fsp3) is 0.517. The zero-order chi connectivity index (χ0) is 32.8. The summed E-state index contributed by atoms with van der Waals surface area (Å²) >= 11 is 0. The molecule has 1 heterocycles. The first-order valence-electron chi connectivity index (χ1n) is 13.8. The van der Waals surface area contributed by atoms with E-state index in [2.05, 4.69) is 16.0 Å². The summed E-state index contributed by atoms with van der Waals surface area (Å²) in [7, 11) is -1.58. The van der Waals surface area contributed by atoms with E-state index >= 15 is 0 Å². The molecule has 0 fully saturated rings. The molecular weight excluding hydrogens is 585 g/mol. The van der Waals surface area contributed by atoms with Crippen molar-refractivity contribution in [2.24, 2.45) is 5.92 Å². The summed E-state index contributed by atoms with van der Waals surface area (Å²) in [4.78, 5) is 51.3. The molecule has 0 aliphatic carbocycles. The van der Waals surface area contributed by atoms with Gasteiger partial charge in [0.15, 0.2) is 14.4 Å². The Morgan fingerprint density at radius 1 is 1.02 bits per heavy atom. The first-order chi connectivity index (χ1) is 19.8. The maximum Gasteiger partial charge on any atom is 0.415 e. The first kappa shape index (κ1) is 35.5. The minimum absolute atomic E-state index is 0.112. The lowest BCUT2D eigenvalue weighted by atomic mass is 9.98. The SMILES string of the molecule is CNC(=O)c1ccn(CC(=O)NC(C(C)C)C(O[Si](C)(C)C(C)(C)C)C(F)(F)F)c(=O)c1NC(=O)OCc1ccccc1. The normalized spacial score (nSPS) is 13.7. The molecule has 2 atom stereocenters. The molecule has 2 unspecified atom stereocenters. The van der Waals surface area contributed by atoms with Crippen LogP contribution < -0.4 is 21.5 Å². The Morgan fingerprint density at radius 3 is 2.14 bits per heavy atom. The fourth-order valence-electron chi connectivity index (χ4n) is 3.82. The van der Waals surface area contributed by atoms with Gasteiger partial charge in [0.25, 0.3) is 11.5 Å². The Kier molecular flexibility index (Phi) is 11.7. The average Bonchev–Trinajstić information content (AvgIpc) is 2.90. The quantitative estimate of drug-likeness (QED) is 0.300. The van der Waals surface area contributed by atoms with E-state index in [4.69, 9.17) is 9.16 Å². The molecule has 238 valence electrons. The van der Waals surface area contributed by atoms with Gasteiger partial charge in [-0.3, -0.25) is 19.7 Å². The number of halogens is 3. The van der Waals surface area contributed by atoms with Crippen molar-refractivity contribution in [3.8, 4) is 0 Å². The molecule has 0 spiro atoms. The molecule has 1 aromatic carbocycles. The number of pyridine rings is 1. The minimum atomic E-state index is -4.78. The van der Waals surface area contributed by atoms with Crippen LogP contribution in [0.2, 0.25) is 18.1 Å². The van der Waals surface area contributed by atoms with E-state index in [0.717, 1.165) is 10.8 Å². The Morgan fingerprint density at radius 2 is 1.63 bits per heavy atom. The zero-order valence-electron chi connectivity index (χ0n) is 25.7. The number of anilines is 1. The summed E-state index contributed by atoms with van der Waals surface area (Å²) in [6.07, 6.45) is -6.93. The highest BCUT2D eigenvalue weighted by atomic mass is 28.4. The van der Waals surface area contributed by atoms with Crippen LogP contribution in [0.4, 0.5) is 23.7 Å². The number of hydrogen-bond donors (Lipinski definition) is 3. The molecule has 14 heteroatoms. The van der Waals surface area contributed by atoms with Gasteiger partial charge in [-0.2, -0.15) is 13.2 Å². The van der Waals surface area contributed by atoms with E-state index in [9.17, 15) is 32.3 Å².